The Morgan fingerprint density at radius 1 is 1.24 bits per heavy atom. The first-order valence-electron chi connectivity index (χ1n) is 7.98. The fourth-order valence-electron chi connectivity index (χ4n) is 2.89. The van der Waals surface area contributed by atoms with Gasteiger partial charge in [-0.15, -0.1) is 0 Å². The van der Waals surface area contributed by atoms with Gasteiger partial charge in [-0.25, -0.2) is 8.42 Å². The topological polar surface area (TPSA) is 79.0 Å². The van der Waals surface area contributed by atoms with Gasteiger partial charge in [0.2, 0.25) is 10.0 Å². The highest BCUT2D eigenvalue weighted by Gasteiger charge is 2.33. The molecule has 0 radical (unpaired) electrons. The number of carbonyl (C=O) groups is 1. The van der Waals surface area contributed by atoms with E-state index in [4.69, 9.17) is 16.3 Å². The van der Waals surface area contributed by atoms with Crippen LogP contribution >= 0.6 is 11.6 Å². The Morgan fingerprint density at radius 3 is 2.36 bits per heavy atom. The summed E-state index contributed by atoms with van der Waals surface area (Å²) in [5, 5.41) is 3.38. The molecule has 7 nitrogen and oxygen atoms in total. The molecule has 140 valence electrons. The Balaban J connectivity index is 2.54. The second kappa shape index (κ2) is 7.90. The molecule has 1 N–H and O–H groups in total. The first-order valence-corrected chi connectivity index (χ1v) is 9.80. The molecular formula is C16H24ClN3O4S. The van der Waals surface area contributed by atoms with Crippen LogP contribution in [0.1, 0.15) is 23.2 Å². The fourth-order valence-corrected chi connectivity index (χ4v) is 4.79. The lowest BCUT2D eigenvalue weighted by Gasteiger charge is -2.31. The number of piperidine rings is 1. The molecular weight excluding hydrogens is 366 g/mol. The lowest BCUT2D eigenvalue weighted by atomic mass is 10.1. The van der Waals surface area contributed by atoms with Gasteiger partial charge in [-0.1, -0.05) is 11.6 Å². The standard InChI is InChI=1S/C16H24ClN3O4S/c1-19(2)16(21)13-9-11(17)10-14(15(13)24-4)25(22,23)20(3)12-5-7-18-8-6-12/h9-10,12,18H,5-8H2,1-4H3. The third-order valence-electron chi connectivity index (χ3n) is 4.34. The third-order valence-corrected chi connectivity index (χ3v) is 6.47. The molecule has 1 saturated heterocycles. The molecule has 1 fully saturated rings. The van der Waals surface area contributed by atoms with Crippen LogP contribution in [0, 0.1) is 0 Å². The SMILES string of the molecule is COc1c(C(=O)N(C)C)cc(Cl)cc1S(=O)(=O)N(C)C1CCNCC1. The highest BCUT2D eigenvalue weighted by atomic mass is 35.5. The van der Waals surface area contributed by atoms with E-state index >= 15 is 0 Å². The Morgan fingerprint density at radius 2 is 1.84 bits per heavy atom. The average molecular weight is 390 g/mol. The van der Waals surface area contributed by atoms with Crippen molar-refractivity contribution < 1.29 is 17.9 Å². The molecule has 0 atom stereocenters. The maximum Gasteiger partial charge on any atom is 0.257 e. The number of ether oxygens (including phenoxy) is 1. The number of methoxy groups -OCH3 is 1. The molecule has 0 unspecified atom stereocenters. The van der Waals surface area contributed by atoms with Gasteiger partial charge in [-0.3, -0.25) is 4.79 Å². The van der Waals surface area contributed by atoms with E-state index in [-0.39, 0.29) is 33.2 Å². The van der Waals surface area contributed by atoms with Crippen molar-refractivity contribution in [3.63, 3.8) is 0 Å². The first-order chi connectivity index (χ1) is 11.7. The number of amides is 1. The number of halogens is 1. The summed E-state index contributed by atoms with van der Waals surface area (Å²) in [5.41, 5.74) is 0.122. The maximum absolute atomic E-state index is 13.2. The van der Waals surface area contributed by atoms with Gasteiger partial charge in [0.15, 0.2) is 5.75 Å². The smallest absolute Gasteiger partial charge is 0.257 e. The van der Waals surface area contributed by atoms with Crippen LogP contribution < -0.4 is 10.1 Å². The summed E-state index contributed by atoms with van der Waals surface area (Å²) in [6, 6.07) is 2.65. The van der Waals surface area contributed by atoms with E-state index in [1.165, 1.54) is 28.4 Å². The molecule has 0 aromatic heterocycles. The van der Waals surface area contributed by atoms with E-state index in [1.807, 2.05) is 0 Å². The van der Waals surface area contributed by atoms with E-state index in [0.29, 0.717) is 0 Å². The minimum Gasteiger partial charge on any atom is -0.494 e. The molecule has 0 aliphatic carbocycles. The van der Waals surface area contributed by atoms with E-state index in [9.17, 15) is 13.2 Å². The minimum absolute atomic E-state index is 0.0175. The Bertz CT molecular complexity index is 746. The number of hydrogen-bond donors (Lipinski definition) is 1. The second-order valence-electron chi connectivity index (χ2n) is 6.19. The van der Waals surface area contributed by atoms with Crippen molar-refractivity contribution in [3.8, 4) is 5.75 Å². The van der Waals surface area contributed by atoms with Gasteiger partial charge in [0.05, 0.1) is 12.7 Å². The molecule has 1 aromatic rings. The Kier molecular flexibility index (Phi) is 6.31. The Labute approximate surface area is 153 Å². The van der Waals surface area contributed by atoms with Gasteiger partial charge in [0.1, 0.15) is 4.90 Å². The van der Waals surface area contributed by atoms with Crippen LogP contribution in [0.3, 0.4) is 0 Å². The van der Waals surface area contributed by atoms with Gasteiger partial charge in [0, 0.05) is 32.2 Å². The number of sulfonamides is 1. The lowest BCUT2D eigenvalue weighted by molar-refractivity contribution is 0.0823. The maximum atomic E-state index is 13.2. The second-order valence-corrected chi connectivity index (χ2v) is 8.59. The van der Waals surface area contributed by atoms with E-state index in [1.54, 1.807) is 21.1 Å². The monoisotopic (exact) mass is 389 g/mol. The molecule has 2 rings (SSSR count). The number of rotatable bonds is 5. The molecule has 0 spiro atoms. The van der Waals surface area contributed by atoms with Gasteiger partial charge in [0.25, 0.3) is 5.91 Å². The van der Waals surface area contributed by atoms with Crippen LogP contribution in [0.5, 0.6) is 5.75 Å². The normalized spacial score (nSPS) is 16.1. The number of hydrogen-bond acceptors (Lipinski definition) is 5. The number of nitrogens with one attached hydrogen (secondary N) is 1. The molecule has 1 amide bonds. The van der Waals surface area contributed by atoms with Crippen molar-refractivity contribution in [2.24, 2.45) is 0 Å². The van der Waals surface area contributed by atoms with E-state index in [2.05, 4.69) is 5.32 Å². The number of carbonyl (C=O) groups excluding carboxylic acids is 1. The molecule has 9 heteroatoms. The van der Waals surface area contributed by atoms with Crippen molar-refractivity contribution in [2.45, 2.75) is 23.8 Å². The van der Waals surface area contributed by atoms with Crippen molar-refractivity contribution in [3.05, 3.63) is 22.7 Å². The molecule has 25 heavy (non-hydrogen) atoms. The third kappa shape index (κ3) is 4.08. The van der Waals surface area contributed by atoms with Gasteiger partial charge in [-0.2, -0.15) is 4.31 Å². The van der Waals surface area contributed by atoms with Crippen molar-refractivity contribution in [1.82, 2.24) is 14.5 Å². The molecule has 1 aliphatic rings. The molecule has 1 heterocycles. The number of benzene rings is 1. The molecule has 0 saturated carbocycles. The van der Waals surface area contributed by atoms with Gasteiger partial charge < -0.3 is 15.0 Å². The van der Waals surface area contributed by atoms with Crippen molar-refractivity contribution in [2.75, 3.05) is 41.3 Å². The summed E-state index contributed by atoms with van der Waals surface area (Å²) in [5.74, 6) is -0.357. The fraction of sp³-hybridized carbons (Fsp3) is 0.562. The van der Waals surface area contributed by atoms with Crippen LogP contribution in [0.2, 0.25) is 5.02 Å². The highest BCUT2D eigenvalue weighted by molar-refractivity contribution is 7.89. The van der Waals surface area contributed by atoms with Crippen LogP contribution in [0.15, 0.2) is 17.0 Å². The summed E-state index contributed by atoms with van der Waals surface area (Å²) >= 11 is 6.10. The predicted octanol–water partition coefficient (Wildman–Crippen LogP) is 1.42. The molecule has 0 bridgehead atoms. The summed E-state index contributed by atoms with van der Waals surface area (Å²) in [6.45, 7) is 1.53. The zero-order chi connectivity index (χ0) is 18.8. The minimum atomic E-state index is -3.86. The highest BCUT2D eigenvalue weighted by Crippen LogP contribution is 2.35. The summed E-state index contributed by atoms with van der Waals surface area (Å²) in [4.78, 5) is 13.7. The summed E-state index contributed by atoms with van der Waals surface area (Å²) in [7, 11) is 2.20. The van der Waals surface area contributed by atoms with Gasteiger partial charge in [-0.05, 0) is 38.1 Å². The van der Waals surface area contributed by atoms with Crippen LogP contribution in [-0.4, -0.2) is 70.9 Å². The van der Waals surface area contributed by atoms with Crippen LogP contribution in [0.25, 0.3) is 0 Å². The zero-order valence-electron chi connectivity index (χ0n) is 14.9. The first kappa shape index (κ1) is 20.0. The number of nitrogens with zero attached hydrogens (tertiary/aromatic N) is 2. The lowest BCUT2D eigenvalue weighted by Crippen LogP contribution is -2.44. The van der Waals surface area contributed by atoms with E-state index in [0.717, 1.165) is 25.9 Å². The molecule has 1 aliphatic heterocycles. The van der Waals surface area contributed by atoms with Crippen molar-refractivity contribution in [1.29, 1.82) is 0 Å². The quantitative estimate of drug-likeness (QED) is 0.824. The predicted molar refractivity (Wildman–Crippen MR) is 96.9 cm³/mol. The zero-order valence-corrected chi connectivity index (χ0v) is 16.4. The molecule has 1 aromatic carbocycles. The van der Waals surface area contributed by atoms with Crippen LogP contribution in [0.4, 0.5) is 0 Å². The van der Waals surface area contributed by atoms with Gasteiger partial charge >= 0.3 is 0 Å². The van der Waals surface area contributed by atoms with E-state index < -0.39 is 10.0 Å². The van der Waals surface area contributed by atoms with Crippen LogP contribution in [-0.2, 0) is 10.0 Å². The Hall–Kier alpha value is -1.35. The summed E-state index contributed by atoms with van der Waals surface area (Å²) < 4.78 is 33.0. The van der Waals surface area contributed by atoms with Crippen molar-refractivity contribution >= 4 is 27.5 Å². The largest absolute Gasteiger partial charge is 0.494 e. The summed E-state index contributed by atoms with van der Waals surface area (Å²) in [6.07, 6.45) is 1.45. The average Bonchev–Trinajstić information content (AvgIpc) is 2.60.